The number of carbonyl (C=O) groups is 1. The maximum atomic E-state index is 11.6. The third-order valence-corrected chi connectivity index (χ3v) is 2.80. The SMILES string of the molecule is CCNCCNC(=O)c1cscc1C. The van der Waals surface area contributed by atoms with Crippen molar-refractivity contribution in [2.24, 2.45) is 0 Å². The summed E-state index contributed by atoms with van der Waals surface area (Å²) in [5.74, 6) is 0.0293. The Morgan fingerprint density at radius 2 is 2.21 bits per heavy atom. The topological polar surface area (TPSA) is 41.1 Å². The van der Waals surface area contributed by atoms with E-state index in [9.17, 15) is 4.79 Å². The van der Waals surface area contributed by atoms with Crippen molar-refractivity contribution in [3.05, 3.63) is 21.9 Å². The van der Waals surface area contributed by atoms with Crippen LogP contribution in [0.5, 0.6) is 0 Å². The molecule has 14 heavy (non-hydrogen) atoms. The highest BCUT2D eigenvalue weighted by Gasteiger charge is 2.07. The molecule has 0 aliphatic rings. The molecule has 0 spiro atoms. The molecule has 0 radical (unpaired) electrons. The second-order valence-electron chi connectivity index (χ2n) is 3.08. The summed E-state index contributed by atoms with van der Waals surface area (Å²) in [6, 6.07) is 0. The predicted octanol–water partition coefficient (Wildman–Crippen LogP) is 1.40. The second-order valence-corrected chi connectivity index (χ2v) is 3.82. The number of rotatable bonds is 5. The molecular formula is C10H16N2OS. The summed E-state index contributed by atoms with van der Waals surface area (Å²) < 4.78 is 0. The summed E-state index contributed by atoms with van der Waals surface area (Å²) in [5, 5.41) is 9.89. The number of hydrogen-bond donors (Lipinski definition) is 2. The molecule has 78 valence electrons. The van der Waals surface area contributed by atoms with Crippen LogP contribution in [-0.4, -0.2) is 25.5 Å². The third kappa shape index (κ3) is 3.12. The minimum atomic E-state index is 0.0293. The van der Waals surface area contributed by atoms with Crippen LogP contribution in [0.3, 0.4) is 0 Å². The molecule has 0 fully saturated rings. The van der Waals surface area contributed by atoms with Crippen molar-refractivity contribution in [1.29, 1.82) is 0 Å². The van der Waals surface area contributed by atoms with Crippen molar-refractivity contribution in [3.63, 3.8) is 0 Å². The van der Waals surface area contributed by atoms with E-state index in [0.29, 0.717) is 6.54 Å². The molecule has 4 heteroatoms. The van der Waals surface area contributed by atoms with E-state index in [4.69, 9.17) is 0 Å². The number of hydrogen-bond acceptors (Lipinski definition) is 3. The lowest BCUT2D eigenvalue weighted by molar-refractivity contribution is 0.0954. The molecule has 2 N–H and O–H groups in total. The number of amides is 1. The van der Waals surface area contributed by atoms with Crippen LogP contribution in [0.25, 0.3) is 0 Å². The van der Waals surface area contributed by atoms with Crippen molar-refractivity contribution < 1.29 is 4.79 Å². The quantitative estimate of drug-likeness (QED) is 0.724. The molecule has 0 bridgehead atoms. The predicted molar refractivity (Wildman–Crippen MR) is 59.9 cm³/mol. The highest BCUT2D eigenvalue weighted by atomic mass is 32.1. The molecule has 1 heterocycles. The lowest BCUT2D eigenvalue weighted by Crippen LogP contribution is -2.31. The Bertz CT molecular complexity index is 296. The Kier molecular flexibility index (Phi) is 4.62. The van der Waals surface area contributed by atoms with Gasteiger partial charge in [0.15, 0.2) is 0 Å². The van der Waals surface area contributed by atoms with Gasteiger partial charge >= 0.3 is 0 Å². The van der Waals surface area contributed by atoms with Gasteiger partial charge in [-0.3, -0.25) is 4.79 Å². The molecule has 0 aliphatic heterocycles. The molecule has 1 aromatic rings. The van der Waals surface area contributed by atoms with Gasteiger partial charge in [-0.05, 0) is 24.4 Å². The number of likely N-dealkylation sites (N-methyl/N-ethyl adjacent to an activating group) is 1. The number of aryl methyl sites for hydroxylation is 1. The van der Waals surface area contributed by atoms with E-state index in [1.54, 1.807) is 11.3 Å². The summed E-state index contributed by atoms with van der Waals surface area (Å²) in [4.78, 5) is 11.6. The highest BCUT2D eigenvalue weighted by Crippen LogP contribution is 2.12. The maximum absolute atomic E-state index is 11.6. The molecule has 0 aliphatic carbocycles. The lowest BCUT2D eigenvalue weighted by Gasteiger charge is -2.04. The van der Waals surface area contributed by atoms with Crippen LogP contribution in [0.4, 0.5) is 0 Å². The zero-order valence-corrected chi connectivity index (χ0v) is 9.41. The van der Waals surface area contributed by atoms with Crippen LogP contribution in [-0.2, 0) is 0 Å². The van der Waals surface area contributed by atoms with E-state index >= 15 is 0 Å². The molecule has 0 saturated carbocycles. The molecule has 0 atom stereocenters. The Labute approximate surface area is 88.5 Å². The van der Waals surface area contributed by atoms with Crippen molar-refractivity contribution in [3.8, 4) is 0 Å². The first kappa shape index (κ1) is 11.2. The fourth-order valence-electron chi connectivity index (χ4n) is 1.13. The smallest absolute Gasteiger partial charge is 0.252 e. The van der Waals surface area contributed by atoms with Crippen LogP contribution in [0, 0.1) is 6.92 Å². The van der Waals surface area contributed by atoms with E-state index in [1.165, 1.54) is 0 Å². The zero-order valence-electron chi connectivity index (χ0n) is 8.59. The number of thiophene rings is 1. The van der Waals surface area contributed by atoms with Gasteiger partial charge < -0.3 is 10.6 Å². The second kappa shape index (κ2) is 5.78. The van der Waals surface area contributed by atoms with E-state index in [-0.39, 0.29) is 5.91 Å². The van der Waals surface area contributed by atoms with Crippen LogP contribution < -0.4 is 10.6 Å². The lowest BCUT2D eigenvalue weighted by atomic mass is 10.2. The van der Waals surface area contributed by atoms with Crippen molar-refractivity contribution >= 4 is 17.2 Å². The van der Waals surface area contributed by atoms with E-state index in [2.05, 4.69) is 10.6 Å². The number of carbonyl (C=O) groups excluding carboxylic acids is 1. The molecule has 1 amide bonds. The van der Waals surface area contributed by atoms with E-state index in [0.717, 1.165) is 24.2 Å². The summed E-state index contributed by atoms with van der Waals surface area (Å²) in [5.41, 5.74) is 1.85. The molecule has 0 saturated heterocycles. The van der Waals surface area contributed by atoms with Gasteiger partial charge in [0.2, 0.25) is 0 Å². The standard InChI is InChI=1S/C10H16N2OS/c1-3-11-4-5-12-10(13)9-7-14-6-8(9)2/h6-7,11H,3-5H2,1-2H3,(H,12,13). The van der Waals surface area contributed by atoms with Crippen molar-refractivity contribution in [2.75, 3.05) is 19.6 Å². The summed E-state index contributed by atoms with van der Waals surface area (Å²) in [6.07, 6.45) is 0. The summed E-state index contributed by atoms with van der Waals surface area (Å²) >= 11 is 1.56. The average Bonchev–Trinajstić information content (AvgIpc) is 2.59. The van der Waals surface area contributed by atoms with E-state index in [1.807, 2.05) is 24.6 Å². The van der Waals surface area contributed by atoms with Crippen LogP contribution in [0.1, 0.15) is 22.8 Å². The zero-order chi connectivity index (χ0) is 10.4. The normalized spacial score (nSPS) is 10.1. The Balaban J connectivity index is 2.32. The molecule has 1 rings (SSSR count). The highest BCUT2D eigenvalue weighted by molar-refractivity contribution is 7.08. The van der Waals surface area contributed by atoms with Gasteiger partial charge in [0.25, 0.3) is 5.91 Å². The van der Waals surface area contributed by atoms with Gasteiger partial charge in [-0.2, -0.15) is 11.3 Å². The first-order valence-electron chi connectivity index (χ1n) is 4.77. The molecular weight excluding hydrogens is 196 g/mol. The third-order valence-electron chi connectivity index (χ3n) is 1.94. The van der Waals surface area contributed by atoms with Crippen LogP contribution in [0.15, 0.2) is 10.8 Å². The maximum Gasteiger partial charge on any atom is 0.252 e. The summed E-state index contributed by atoms with van der Waals surface area (Å²) in [6.45, 7) is 6.45. The monoisotopic (exact) mass is 212 g/mol. The first-order valence-corrected chi connectivity index (χ1v) is 5.71. The fraction of sp³-hybridized carbons (Fsp3) is 0.500. The Hall–Kier alpha value is -0.870. The summed E-state index contributed by atoms with van der Waals surface area (Å²) in [7, 11) is 0. The minimum Gasteiger partial charge on any atom is -0.351 e. The largest absolute Gasteiger partial charge is 0.351 e. The van der Waals surface area contributed by atoms with Crippen molar-refractivity contribution in [1.82, 2.24) is 10.6 Å². The van der Waals surface area contributed by atoms with Gasteiger partial charge in [0.1, 0.15) is 0 Å². The minimum absolute atomic E-state index is 0.0293. The van der Waals surface area contributed by atoms with E-state index < -0.39 is 0 Å². The van der Waals surface area contributed by atoms with Gasteiger partial charge in [-0.25, -0.2) is 0 Å². The van der Waals surface area contributed by atoms with Crippen LogP contribution >= 0.6 is 11.3 Å². The van der Waals surface area contributed by atoms with Gasteiger partial charge in [0.05, 0.1) is 5.56 Å². The molecule has 3 nitrogen and oxygen atoms in total. The van der Waals surface area contributed by atoms with Crippen molar-refractivity contribution in [2.45, 2.75) is 13.8 Å². The fourth-order valence-corrected chi connectivity index (χ4v) is 1.96. The first-order chi connectivity index (χ1) is 6.75. The van der Waals surface area contributed by atoms with Gasteiger partial charge in [-0.1, -0.05) is 6.92 Å². The molecule has 1 aromatic heterocycles. The number of nitrogens with one attached hydrogen (secondary N) is 2. The van der Waals surface area contributed by atoms with Gasteiger partial charge in [0, 0.05) is 18.5 Å². The Morgan fingerprint density at radius 1 is 1.43 bits per heavy atom. The average molecular weight is 212 g/mol. The molecule has 0 aromatic carbocycles. The van der Waals surface area contributed by atoms with Gasteiger partial charge in [-0.15, -0.1) is 0 Å². The van der Waals surface area contributed by atoms with Crippen LogP contribution in [0.2, 0.25) is 0 Å². The Morgan fingerprint density at radius 3 is 2.79 bits per heavy atom. The molecule has 0 unspecified atom stereocenters.